The number of carboxylic acid groups (broad SMARTS) is 1. The zero-order chi connectivity index (χ0) is 12.4. The number of rotatable bonds is 2. The van der Waals surface area contributed by atoms with Gasteiger partial charge in [-0.2, -0.15) is 0 Å². The zero-order valence-electron chi connectivity index (χ0n) is 9.51. The molecule has 86 valence electrons. The van der Waals surface area contributed by atoms with Gasteiger partial charge in [-0.15, -0.1) is 10.2 Å². The third kappa shape index (κ3) is 2.13. The summed E-state index contributed by atoms with van der Waals surface area (Å²) in [7, 11) is 0. The number of hydrogen-bond acceptors (Lipinski definition) is 4. The Bertz CT molecular complexity index is 564. The van der Waals surface area contributed by atoms with Crippen LogP contribution in [0.5, 0.6) is 0 Å². The van der Waals surface area contributed by atoms with Gasteiger partial charge in [0.05, 0.1) is 6.20 Å². The number of carbonyl (C=O) groups is 1. The zero-order valence-corrected chi connectivity index (χ0v) is 9.51. The Labute approximate surface area is 98.2 Å². The van der Waals surface area contributed by atoms with Crippen molar-refractivity contribution < 1.29 is 9.90 Å². The van der Waals surface area contributed by atoms with Crippen molar-refractivity contribution in [2.45, 2.75) is 13.8 Å². The van der Waals surface area contributed by atoms with Gasteiger partial charge >= 0.3 is 5.97 Å². The first-order valence-electron chi connectivity index (χ1n) is 5.09. The molecule has 0 saturated heterocycles. The Morgan fingerprint density at radius 2 is 2.00 bits per heavy atom. The van der Waals surface area contributed by atoms with Crippen molar-refractivity contribution >= 4 is 5.97 Å². The number of aryl methyl sites for hydroxylation is 1. The minimum Gasteiger partial charge on any atom is -0.475 e. The van der Waals surface area contributed by atoms with E-state index in [1.165, 1.54) is 6.20 Å². The van der Waals surface area contributed by atoms with Crippen molar-refractivity contribution in [1.82, 2.24) is 15.2 Å². The molecule has 0 fully saturated rings. The van der Waals surface area contributed by atoms with E-state index in [0.717, 1.165) is 16.7 Å². The van der Waals surface area contributed by atoms with Gasteiger partial charge in [0.15, 0.2) is 0 Å². The molecule has 5 nitrogen and oxygen atoms in total. The number of hydrogen-bond donors (Lipinski definition) is 1. The van der Waals surface area contributed by atoms with Crippen LogP contribution in [0.3, 0.4) is 0 Å². The quantitative estimate of drug-likeness (QED) is 0.850. The van der Waals surface area contributed by atoms with Crippen molar-refractivity contribution in [2.75, 3.05) is 0 Å². The van der Waals surface area contributed by atoms with Crippen LogP contribution in [-0.4, -0.2) is 26.3 Å². The Morgan fingerprint density at radius 3 is 2.59 bits per heavy atom. The Morgan fingerprint density at radius 1 is 1.24 bits per heavy atom. The van der Waals surface area contributed by atoms with Crippen LogP contribution in [0.1, 0.15) is 21.7 Å². The van der Waals surface area contributed by atoms with Gasteiger partial charge in [0, 0.05) is 5.56 Å². The minimum atomic E-state index is -1.18. The lowest BCUT2D eigenvalue weighted by molar-refractivity contribution is 0.0682. The van der Waals surface area contributed by atoms with Crippen molar-refractivity contribution in [3.63, 3.8) is 0 Å². The van der Waals surface area contributed by atoms with Crippen molar-refractivity contribution in [2.24, 2.45) is 0 Å². The van der Waals surface area contributed by atoms with E-state index in [1.807, 2.05) is 32.0 Å². The van der Waals surface area contributed by atoms with Crippen LogP contribution in [-0.2, 0) is 0 Å². The summed E-state index contributed by atoms with van der Waals surface area (Å²) in [6.07, 6.45) is 1.43. The molecule has 0 aliphatic rings. The lowest BCUT2D eigenvalue weighted by Crippen LogP contribution is -2.06. The van der Waals surface area contributed by atoms with E-state index in [9.17, 15) is 4.79 Å². The first-order valence-corrected chi connectivity index (χ1v) is 5.09. The molecule has 0 atom stereocenters. The summed E-state index contributed by atoms with van der Waals surface area (Å²) in [5, 5.41) is 16.1. The summed E-state index contributed by atoms with van der Waals surface area (Å²) >= 11 is 0. The van der Waals surface area contributed by atoms with Crippen LogP contribution >= 0.6 is 0 Å². The second-order valence-corrected chi connectivity index (χ2v) is 3.72. The number of aromatic carboxylic acids is 1. The summed E-state index contributed by atoms with van der Waals surface area (Å²) in [5.41, 5.74) is 3.73. The average Bonchev–Trinajstić information content (AvgIpc) is 2.33. The molecule has 17 heavy (non-hydrogen) atoms. The largest absolute Gasteiger partial charge is 0.475 e. The molecule has 0 bridgehead atoms. The summed E-state index contributed by atoms with van der Waals surface area (Å²) in [5.74, 6) is -1.47. The Hall–Kier alpha value is -2.30. The molecule has 1 N–H and O–H groups in total. The standard InChI is InChI=1S/C12H11N3O2/c1-7-4-3-5-9(8(7)2)10-6-13-11(12(16)17)15-14-10/h3-6H,1-2H3,(H,16,17). The van der Waals surface area contributed by atoms with Gasteiger partial charge in [0.25, 0.3) is 5.82 Å². The predicted octanol–water partition coefficient (Wildman–Crippen LogP) is 1.85. The maximum atomic E-state index is 10.6. The molecule has 1 heterocycles. The molecule has 1 aromatic heterocycles. The fourth-order valence-electron chi connectivity index (χ4n) is 1.53. The lowest BCUT2D eigenvalue weighted by Gasteiger charge is -2.06. The van der Waals surface area contributed by atoms with Crippen LogP contribution in [0.15, 0.2) is 24.4 Å². The highest BCUT2D eigenvalue weighted by atomic mass is 16.4. The fraction of sp³-hybridized carbons (Fsp3) is 0.167. The number of nitrogens with zero attached hydrogens (tertiary/aromatic N) is 3. The summed E-state index contributed by atoms with van der Waals surface area (Å²) in [6, 6.07) is 5.84. The van der Waals surface area contributed by atoms with E-state index >= 15 is 0 Å². The van der Waals surface area contributed by atoms with Crippen LogP contribution in [0.25, 0.3) is 11.3 Å². The average molecular weight is 229 g/mol. The first-order chi connectivity index (χ1) is 8.09. The van der Waals surface area contributed by atoms with Gasteiger partial charge in [0.1, 0.15) is 5.69 Å². The monoisotopic (exact) mass is 229 g/mol. The molecular formula is C12H11N3O2. The number of aromatic nitrogens is 3. The van der Waals surface area contributed by atoms with E-state index in [2.05, 4.69) is 15.2 Å². The molecular weight excluding hydrogens is 218 g/mol. The second-order valence-electron chi connectivity index (χ2n) is 3.72. The molecule has 0 radical (unpaired) electrons. The molecule has 0 aliphatic carbocycles. The molecule has 1 aromatic carbocycles. The topological polar surface area (TPSA) is 76.0 Å². The fourth-order valence-corrected chi connectivity index (χ4v) is 1.53. The van der Waals surface area contributed by atoms with E-state index < -0.39 is 5.97 Å². The molecule has 0 saturated carbocycles. The molecule has 5 heteroatoms. The van der Waals surface area contributed by atoms with Gasteiger partial charge < -0.3 is 5.11 Å². The summed E-state index contributed by atoms with van der Waals surface area (Å²) in [4.78, 5) is 14.4. The number of benzene rings is 1. The van der Waals surface area contributed by atoms with Crippen LogP contribution in [0.2, 0.25) is 0 Å². The van der Waals surface area contributed by atoms with Gasteiger partial charge in [-0.25, -0.2) is 9.78 Å². The lowest BCUT2D eigenvalue weighted by atomic mass is 10.0. The van der Waals surface area contributed by atoms with Crippen molar-refractivity contribution in [3.8, 4) is 11.3 Å². The van der Waals surface area contributed by atoms with E-state index in [0.29, 0.717) is 5.69 Å². The highest BCUT2D eigenvalue weighted by Gasteiger charge is 2.10. The Kier molecular flexibility index (Phi) is 2.82. The van der Waals surface area contributed by atoms with Crippen molar-refractivity contribution in [1.29, 1.82) is 0 Å². The molecule has 2 aromatic rings. The predicted molar refractivity (Wildman–Crippen MR) is 61.7 cm³/mol. The maximum absolute atomic E-state index is 10.6. The van der Waals surface area contributed by atoms with Gasteiger partial charge in [-0.3, -0.25) is 0 Å². The van der Waals surface area contributed by atoms with E-state index in [1.54, 1.807) is 0 Å². The van der Waals surface area contributed by atoms with Gasteiger partial charge in [0.2, 0.25) is 0 Å². The summed E-state index contributed by atoms with van der Waals surface area (Å²) in [6.45, 7) is 3.99. The summed E-state index contributed by atoms with van der Waals surface area (Å²) < 4.78 is 0. The first kappa shape index (κ1) is 11.2. The third-order valence-corrected chi connectivity index (χ3v) is 2.63. The van der Waals surface area contributed by atoms with Gasteiger partial charge in [-0.05, 0) is 25.0 Å². The SMILES string of the molecule is Cc1cccc(-c2cnc(C(=O)O)nn2)c1C. The minimum absolute atomic E-state index is 0.293. The molecule has 0 aliphatic heterocycles. The molecule has 0 unspecified atom stereocenters. The smallest absolute Gasteiger partial charge is 0.375 e. The van der Waals surface area contributed by atoms with Crippen LogP contribution < -0.4 is 0 Å². The molecule has 0 spiro atoms. The number of carboxylic acids is 1. The van der Waals surface area contributed by atoms with Crippen LogP contribution in [0, 0.1) is 13.8 Å². The maximum Gasteiger partial charge on any atom is 0.375 e. The van der Waals surface area contributed by atoms with Gasteiger partial charge in [-0.1, -0.05) is 18.2 Å². The molecule has 2 rings (SSSR count). The normalized spacial score (nSPS) is 10.2. The molecule has 0 amide bonds. The van der Waals surface area contributed by atoms with Crippen LogP contribution in [0.4, 0.5) is 0 Å². The van der Waals surface area contributed by atoms with Crippen molar-refractivity contribution in [3.05, 3.63) is 41.3 Å². The highest BCUT2D eigenvalue weighted by Crippen LogP contribution is 2.22. The third-order valence-electron chi connectivity index (χ3n) is 2.63. The van der Waals surface area contributed by atoms with E-state index in [-0.39, 0.29) is 5.82 Å². The highest BCUT2D eigenvalue weighted by molar-refractivity contribution is 5.82. The second kappa shape index (κ2) is 4.29. The Balaban J connectivity index is 2.47. The van der Waals surface area contributed by atoms with E-state index in [4.69, 9.17) is 5.11 Å².